The molecule has 1 aromatic carbocycles. The summed E-state index contributed by atoms with van der Waals surface area (Å²) in [6.45, 7) is 0. The lowest BCUT2D eigenvalue weighted by atomic mass is 9.98. The first-order valence-corrected chi connectivity index (χ1v) is 6.53. The minimum atomic E-state index is -4.52. The standard InChI is InChI=1S/C14H16F4N2/c15-11-7-9(6-10(8-11)14(16,17)18)4-5-12-2-1-3-13(19)20-12/h6-8,12H,1-5H2,(H2,19,20)/t12-/m1/s1. The lowest BCUT2D eigenvalue weighted by Crippen LogP contribution is -2.22. The second-order valence-electron chi connectivity index (χ2n) is 5.05. The molecule has 2 nitrogen and oxygen atoms in total. The van der Waals surface area contributed by atoms with Gasteiger partial charge in [0.15, 0.2) is 0 Å². The molecule has 2 rings (SSSR count). The molecule has 110 valence electrons. The molecule has 1 aliphatic heterocycles. The third-order valence-electron chi connectivity index (χ3n) is 3.37. The molecule has 0 amide bonds. The van der Waals surface area contributed by atoms with Gasteiger partial charge >= 0.3 is 6.18 Å². The summed E-state index contributed by atoms with van der Waals surface area (Å²) in [4.78, 5) is 4.27. The van der Waals surface area contributed by atoms with Crippen LogP contribution in [0.25, 0.3) is 0 Å². The van der Waals surface area contributed by atoms with Crippen molar-refractivity contribution in [1.82, 2.24) is 0 Å². The Bertz CT molecular complexity index is 508. The van der Waals surface area contributed by atoms with E-state index in [1.54, 1.807) is 0 Å². The molecule has 0 saturated carbocycles. The Hall–Kier alpha value is -1.59. The quantitative estimate of drug-likeness (QED) is 0.846. The van der Waals surface area contributed by atoms with Gasteiger partial charge < -0.3 is 5.73 Å². The van der Waals surface area contributed by atoms with Crippen molar-refractivity contribution in [1.29, 1.82) is 0 Å². The molecule has 1 aromatic rings. The van der Waals surface area contributed by atoms with Crippen molar-refractivity contribution in [2.75, 3.05) is 0 Å². The normalized spacial score (nSPS) is 19.8. The maximum Gasteiger partial charge on any atom is 0.416 e. The smallest absolute Gasteiger partial charge is 0.387 e. The van der Waals surface area contributed by atoms with E-state index < -0.39 is 17.6 Å². The topological polar surface area (TPSA) is 38.4 Å². The minimum Gasteiger partial charge on any atom is -0.387 e. The maximum absolute atomic E-state index is 13.2. The molecule has 1 heterocycles. The van der Waals surface area contributed by atoms with E-state index in [0.717, 1.165) is 31.4 Å². The number of alkyl halides is 3. The van der Waals surface area contributed by atoms with Gasteiger partial charge in [-0.1, -0.05) is 0 Å². The van der Waals surface area contributed by atoms with Gasteiger partial charge in [-0.15, -0.1) is 0 Å². The second-order valence-corrected chi connectivity index (χ2v) is 5.05. The van der Waals surface area contributed by atoms with Gasteiger partial charge in [-0.25, -0.2) is 4.39 Å². The molecule has 0 aromatic heterocycles. The van der Waals surface area contributed by atoms with Crippen molar-refractivity contribution in [3.05, 3.63) is 35.1 Å². The van der Waals surface area contributed by atoms with Crippen LogP contribution in [0.3, 0.4) is 0 Å². The van der Waals surface area contributed by atoms with Crippen LogP contribution in [0.2, 0.25) is 0 Å². The van der Waals surface area contributed by atoms with Crippen LogP contribution in [0, 0.1) is 5.82 Å². The highest BCUT2D eigenvalue weighted by Crippen LogP contribution is 2.31. The Morgan fingerprint density at radius 3 is 2.65 bits per heavy atom. The van der Waals surface area contributed by atoms with Crippen LogP contribution in [-0.2, 0) is 12.6 Å². The van der Waals surface area contributed by atoms with E-state index in [4.69, 9.17) is 5.73 Å². The molecule has 0 fully saturated rings. The van der Waals surface area contributed by atoms with Crippen LogP contribution < -0.4 is 5.73 Å². The molecule has 0 saturated heterocycles. The first-order valence-electron chi connectivity index (χ1n) is 6.53. The lowest BCUT2D eigenvalue weighted by molar-refractivity contribution is -0.137. The van der Waals surface area contributed by atoms with Crippen LogP contribution in [-0.4, -0.2) is 11.9 Å². The van der Waals surface area contributed by atoms with E-state index >= 15 is 0 Å². The van der Waals surface area contributed by atoms with Gasteiger partial charge in [0.25, 0.3) is 0 Å². The highest BCUT2D eigenvalue weighted by atomic mass is 19.4. The zero-order chi connectivity index (χ0) is 14.8. The number of aliphatic imine (C=N–C) groups is 1. The Balaban J connectivity index is 2.06. The number of hydrogen-bond donors (Lipinski definition) is 1. The molecule has 1 aliphatic rings. The summed E-state index contributed by atoms with van der Waals surface area (Å²) >= 11 is 0. The van der Waals surface area contributed by atoms with Crippen LogP contribution in [0.15, 0.2) is 23.2 Å². The molecule has 0 spiro atoms. The Morgan fingerprint density at radius 1 is 1.25 bits per heavy atom. The van der Waals surface area contributed by atoms with Crippen LogP contribution in [0.5, 0.6) is 0 Å². The molecule has 0 bridgehead atoms. The maximum atomic E-state index is 13.2. The molecular weight excluding hydrogens is 272 g/mol. The summed E-state index contributed by atoms with van der Waals surface area (Å²) in [6, 6.07) is 2.69. The van der Waals surface area contributed by atoms with Crippen LogP contribution >= 0.6 is 0 Å². The van der Waals surface area contributed by atoms with Crippen molar-refractivity contribution < 1.29 is 17.6 Å². The predicted molar refractivity (Wildman–Crippen MR) is 69.0 cm³/mol. The summed E-state index contributed by atoms with van der Waals surface area (Å²) in [7, 11) is 0. The fourth-order valence-corrected chi connectivity index (χ4v) is 2.38. The van der Waals surface area contributed by atoms with Crippen LogP contribution in [0.1, 0.15) is 36.8 Å². The number of rotatable bonds is 3. The van der Waals surface area contributed by atoms with E-state index in [1.807, 2.05) is 0 Å². The summed E-state index contributed by atoms with van der Waals surface area (Å²) < 4.78 is 51.0. The van der Waals surface area contributed by atoms with Crippen molar-refractivity contribution in [3.63, 3.8) is 0 Å². The van der Waals surface area contributed by atoms with Gasteiger partial charge in [0.2, 0.25) is 0 Å². The zero-order valence-electron chi connectivity index (χ0n) is 10.9. The highest BCUT2D eigenvalue weighted by Gasteiger charge is 2.31. The number of nitrogens with two attached hydrogens (primary N) is 1. The van der Waals surface area contributed by atoms with Gasteiger partial charge in [0.05, 0.1) is 17.4 Å². The predicted octanol–water partition coefficient (Wildman–Crippen LogP) is 3.69. The summed E-state index contributed by atoms with van der Waals surface area (Å²) in [5.41, 5.74) is 5.04. The fourth-order valence-electron chi connectivity index (χ4n) is 2.38. The second kappa shape index (κ2) is 5.81. The van der Waals surface area contributed by atoms with Crippen molar-refractivity contribution in [2.24, 2.45) is 10.7 Å². The summed E-state index contributed by atoms with van der Waals surface area (Å²) in [5, 5.41) is 0. The molecule has 0 unspecified atom stereocenters. The fraction of sp³-hybridized carbons (Fsp3) is 0.500. The van der Waals surface area contributed by atoms with E-state index in [0.29, 0.717) is 30.3 Å². The van der Waals surface area contributed by atoms with Gasteiger partial charge in [-0.2, -0.15) is 13.2 Å². The molecule has 1 atom stereocenters. The number of halogens is 4. The number of nitrogens with zero attached hydrogens (tertiary/aromatic N) is 1. The van der Waals surface area contributed by atoms with Crippen molar-refractivity contribution >= 4 is 5.84 Å². The van der Waals surface area contributed by atoms with Crippen molar-refractivity contribution in [3.8, 4) is 0 Å². The zero-order valence-corrected chi connectivity index (χ0v) is 10.9. The third kappa shape index (κ3) is 3.95. The van der Waals surface area contributed by atoms with Gasteiger partial charge in [-0.3, -0.25) is 4.99 Å². The van der Waals surface area contributed by atoms with Gasteiger partial charge in [0.1, 0.15) is 5.82 Å². The van der Waals surface area contributed by atoms with E-state index in [2.05, 4.69) is 4.99 Å². The molecular formula is C14H16F4N2. The first-order chi connectivity index (χ1) is 9.34. The molecule has 2 N–H and O–H groups in total. The molecule has 6 heteroatoms. The van der Waals surface area contributed by atoms with E-state index in [-0.39, 0.29) is 6.04 Å². The summed E-state index contributed by atoms with van der Waals surface area (Å²) in [6.07, 6.45) is -0.984. The molecule has 0 radical (unpaired) electrons. The molecule has 20 heavy (non-hydrogen) atoms. The Morgan fingerprint density at radius 2 is 2.00 bits per heavy atom. The number of hydrogen-bond acceptors (Lipinski definition) is 2. The molecule has 0 aliphatic carbocycles. The van der Waals surface area contributed by atoms with Gasteiger partial charge in [0, 0.05) is 6.42 Å². The number of aryl methyl sites for hydroxylation is 1. The number of benzene rings is 1. The first kappa shape index (κ1) is 14.8. The van der Waals surface area contributed by atoms with Crippen molar-refractivity contribution in [2.45, 2.75) is 44.3 Å². The Labute approximate surface area is 114 Å². The lowest BCUT2D eigenvalue weighted by Gasteiger charge is -2.18. The van der Waals surface area contributed by atoms with E-state index in [1.165, 1.54) is 0 Å². The summed E-state index contributed by atoms with van der Waals surface area (Å²) in [5.74, 6) is -0.266. The highest BCUT2D eigenvalue weighted by molar-refractivity contribution is 5.80. The van der Waals surface area contributed by atoms with Crippen LogP contribution in [0.4, 0.5) is 17.6 Å². The third-order valence-corrected chi connectivity index (χ3v) is 3.37. The van der Waals surface area contributed by atoms with E-state index in [9.17, 15) is 17.6 Å². The minimum absolute atomic E-state index is 0.0290. The number of amidine groups is 1. The SMILES string of the molecule is NC1=N[C@@H](CCc2cc(F)cc(C(F)(F)F)c2)CCC1. The monoisotopic (exact) mass is 288 g/mol. The Kier molecular flexibility index (Phi) is 4.30. The largest absolute Gasteiger partial charge is 0.416 e. The average Bonchev–Trinajstić information content (AvgIpc) is 2.35. The average molecular weight is 288 g/mol. The van der Waals surface area contributed by atoms with Gasteiger partial charge in [-0.05, 0) is 49.4 Å².